The maximum absolute atomic E-state index is 8.95. The van der Waals surface area contributed by atoms with Gasteiger partial charge in [0.1, 0.15) is 0 Å². The molecule has 3 nitrogen and oxygen atoms in total. The molecule has 0 unspecified atom stereocenters. The zero-order chi connectivity index (χ0) is 18.3. The van der Waals surface area contributed by atoms with E-state index in [0.29, 0.717) is 12.0 Å². The van der Waals surface area contributed by atoms with Crippen LogP contribution in [0.4, 0.5) is 0 Å². The van der Waals surface area contributed by atoms with Crippen LogP contribution in [-0.2, 0) is 74.9 Å². The zero-order valence-electron chi connectivity index (χ0n) is 16.3. The molecule has 136 valence electrons. The van der Waals surface area contributed by atoms with Gasteiger partial charge in [-0.3, -0.25) is 4.79 Å². The zero-order valence-corrected chi connectivity index (χ0v) is 22.0. The summed E-state index contributed by atoms with van der Waals surface area (Å²) in [6, 6.07) is 21.0. The first-order chi connectivity index (χ1) is 11.4. The maximum Gasteiger partial charge on any atom is 0.292 e. The third-order valence-corrected chi connectivity index (χ3v) is 2.75. The molecule has 0 aliphatic heterocycles. The van der Waals surface area contributed by atoms with Crippen molar-refractivity contribution in [1.29, 1.82) is 0 Å². The Morgan fingerprint density at radius 3 is 1.92 bits per heavy atom. The molecule has 0 amide bonds. The Balaban J connectivity index is -0.000000376. The van der Waals surface area contributed by atoms with E-state index in [2.05, 4.69) is 43.0 Å². The standard InChI is InChI=1S/C14H10.C5H13N.C2H4O2.2Y/c1-3-7-13(8-4-1)11-12-14-9-5-2-6-10-14;1-5(2,3)6-4;1-4-2-3;;/h1-9,12H;6H,1-4H3;2H,1H3;;/q-2;;;;. The van der Waals surface area contributed by atoms with Gasteiger partial charge in [0.25, 0.3) is 6.47 Å². The fourth-order valence-corrected chi connectivity index (χ4v) is 1.19. The molecule has 0 spiro atoms. The Kier molecular flexibility index (Phi) is 23.0. The van der Waals surface area contributed by atoms with E-state index < -0.39 is 0 Å². The summed E-state index contributed by atoms with van der Waals surface area (Å²) in [5.74, 6) is 0. The molecule has 0 aliphatic carbocycles. The van der Waals surface area contributed by atoms with Gasteiger partial charge in [-0.05, 0) is 27.8 Å². The molecular formula is C21H27NO2Y2-2. The molecule has 2 aromatic carbocycles. The molecular weight excluding hydrogens is 476 g/mol. The molecule has 0 heterocycles. The summed E-state index contributed by atoms with van der Waals surface area (Å²) in [5.41, 5.74) is 2.43. The first kappa shape index (κ1) is 30.5. The average Bonchev–Trinajstić information content (AvgIpc) is 2.62. The summed E-state index contributed by atoms with van der Waals surface area (Å²) in [5, 5.41) is 3.10. The molecule has 0 aliphatic rings. The maximum atomic E-state index is 8.95. The van der Waals surface area contributed by atoms with Crippen LogP contribution < -0.4 is 5.32 Å². The van der Waals surface area contributed by atoms with Crippen molar-refractivity contribution < 1.29 is 74.9 Å². The molecule has 26 heavy (non-hydrogen) atoms. The van der Waals surface area contributed by atoms with Crippen molar-refractivity contribution in [3.05, 3.63) is 77.9 Å². The number of benzene rings is 2. The molecule has 0 aromatic heterocycles. The van der Waals surface area contributed by atoms with Crippen LogP contribution in [-0.4, -0.2) is 26.2 Å². The van der Waals surface area contributed by atoms with Crippen LogP contribution in [0.15, 0.2) is 54.6 Å². The van der Waals surface area contributed by atoms with Crippen molar-refractivity contribution >= 4 is 12.5 Å². The van der Waals surface area contributed by atoms with Gasteiger partial charge >= 0.3 is 0 Å². The van der Waals surface area contributed by atoms with E-state index in [1.807, 2.05) is 67.7 Å². The monoisotopic (exact) mass is 503 g/mol. The first-order valence-corrected chi connectivity index (χ1v) is 7.70. The Morgan fingerprint density at radius 1 is 1.04 bits per heavy atom. The number of hydrogen-bond acceptors (Lipinski definition) is 3. The van der Waals surface area contributed by atoms with Crippen LogP contribution in [0, 0.1) is 12.1 Å². The number of ether oxygens (including phenoxy) is 1. The first-order valence-electron chi connectivity index (χ1n) is 7.70. The van der Waals surface area contributed by atoms with Crippen molar-refractivity contribution in [2.75, 3.05) is 14.2 Å². The van der Waals surface area contributed by atoms with Crippen LogP contribution in [0.1, 0.15) is 31.9 Å². The van der Waals surface area contributed by atoms with E-state index in [9.17, 15) is 0 Å². The molecule has 0 atom stereocenters. The second-order valence-electron chi connectivity index (χ2n) is 5.80. The van der Waals surface area contributed by atoms with Gasteiger partial charge in [0.05, 0.1) is 7.11 Å². The molecule has 0 saturated heterocycles. The van der Waals surface area contributed by atoms with Gasteiger partial charge < -0.3 is 10.1 Å². The smallest absolute Gasteiger partial charge is 0.292 e. The molecule has 1 N–H and O–H groups in total. The molecule has 2 aromatic rings. The van der Waals surface area contributed by atoms with Gasteiger partial charge in [-0.25, -0.2) is 11.6 Å². The Morgan fingerprint density at radius 2 is 1.54 bits per heavy atom. The van der Waals surface area contributed by atoms with Crippen LogP contribution in [0.2, 0.25) is 0 Å². The minimum atomic E-state index is 0. The Labute approximate surface area is 209 Å². The SMILES string of the molecule is CNC(C)(C)C.COC=O.[C-](=Cc1[c-]cccc1)c1ccccc1.[Y].[Y]. The van der Waals surface area contributed by atoms with E-state index in [-0.39, 0.29) is 65.4 Å². The molecule has 5 heteroatoms. The van der Waals surface area contributed by atoms with Crippen molar-refractivity contribution in [1.82, 2.24) is 5.32 Å². The van der Waals surface area contributed by atoms with E-state index in [0.717, 1.165) is 11.1 Å². The van der Waals surface area contributed by atoms with Gasteiger partial charge in [-0.2, -0.15) is 35.9 Å². The van der Waals surface area contributed by atoms with Gasteiger partial charge in [0.15, 0.2) is 0 Å². The third-order valence-electron chi connectivity index (χ3n) is 2.75. The minimum absolute atomic E-state index is 0. The Bertz CT molecular complexity index is 526. The average molecular weight is 503 g/mol. The second kappa shape index (κ2) is 19.6. The van der Waals surface area contributed by atoms with Crippen molar-refractivity contribution in [3.8, 4) is 0 Å². The van der Waals surface area contributed by atoms with Gasteiger partial charge in [0, 0.05) is 71.0 Å². The quantitative estimate of drug-likeness (QED) is 0.389. The normalized spacial score (nSPS) is 9.27. The summed E-state index contributed by atoms with van der Waals surface area (Å²) >= 11 is 0. The molecule has 2 rings (SSSR count). The molecule has 0 saturated carbocycles. The second-order valence-corrected chi connectivity index (χ2v) is 5.80. The predicted octanol–water partition coefficient (Wildman–Crippen LogP) is 4.14. The van der Waals surface area contributed by atoms with Crippen LogP contribution in [0.5, 0.6) is 0 Å². The topological polar surface area (TPSA) is 38.3 Å². The van der Waals surface area contributed by atoms with E-state index in [1.54, 1.807) is 0 Å². The van der Waals surface area contributed by atoms with Gasteiger partial charge in [-0.1, -0.05) is 6.07 Å². The molecule has 0 fully saturated rings. The van der Waals surface area contributed by atoms with E-state index in [4.69, 9.17) is 4.79 Å². The van der Waals surface area contributed by atoms with Crippen LogP contribution in [0.25, 0.3) is 6.08 Å². The van der Waals surface area contributed by atoms with Crippen LogP contribution >= 0.6 is 0 Å². The number of carbonyl (C=O) groups excluding carboxylic acids is 1. The molecule has 2 radical (unpaired) electrons. The Hall–Kier alpha value is -0.182. The number of rotatable bonds is 3. The molecule has 0 bridgehead atoms. The van der Waals surface area contributed by atoms with Gasteiger partial charge in [0.2, 0.25) is 0 Å². The fraction of sp³-hybridized carbons (Fsp3) is 0.286. The van der Waals surface area contributed by atoms with E-state index >= 15 is 0 Å². The fourth-order valence-electron chi connectivity index (χ4n) is 1.19. The number of hydrogen-bond donors (Lipinski definition) is 1. The van der Waals surface area contributed by atoms with Crippen LogP contribution in [0.3, 0.4) is 0 Å². The number of nitrogens with one attached hydrogen (secondary N) is 1. The van der Waals surface area contributed by atoms with Gasteiger partial charge in [-0.15, -0.1) is 30.3 Å². The third kappa shape index (κ3) is 20.1. The summed E-state index contributed by atoms with van der Waals surface area (Å²) in [7, 11) is 3.27. The summed E-state index contributed by atoms with van der Waals surface area (Å²) in [4.78, 5) is 8.95. The van der Waals surface area contributed by atoms with Crippen molar-refractivity contribution in [2.24, 2.45) is 0 Å². The predicted molar refractivity (Wildman–Crippen MR) is 100 cm³/mol. The minimum Gasteiger partial charge on any atom is -0.471 e. The number of carbonyl (C=O) groups is 1. The summed E-state index contributed by atoms with van der Waals surface area (Å²) in [6.07, 6.45) is 5.14. The van der Waals surface area contributed by atoms with E-state index in [1.165, 1.54) is 7.11 Å². The summed E-state index contributed by atoms with van der Waals surface area (Å²) < 4.78 is 3.86. The summed E-state index contributed by atoms with van der Waals surface area (Å²) in [6.45, 7) is 6.77. The van der Waals surface area contributed by atoms with Crippen molar-refractivity contribution in [2.45, 2.75) is 26.3 Å². The number of methoxy groups -OCH3 is 1. The van der Waals surface area contributed by atoms with Crippen molar-refractivity contribution in [3.63, 3.8) is 0 Å². The largest absolute Gasteiger partial charge is 0.471 e.